The molecule has 0 bridgehead atoms. The first-order valence-corrected chi connectivity index (χ1v) is 7.80. The molecule has 0 aromatic carbocycles. The number of hydrogen-bond donors (Lipinski definition) is 1. The van der Waals surface area contributed by atoms with Crippen molar-refractivity contribution in [2.75, 3.05) is 13.7 Å². The molecule has 1 aliphatic carbocycles. The lowest BCUT2D eigenvalue weighted by atomic mass is 10.1. The maximum atomic E-state index is 5.96. The third kappa shape index (κ3) is 4.97. The minimum absolute atomic E-state index is 0.161. The fourth-order valence-corrected chi connectivity index (χ4v) is 2.19. The van der Waals surface area contributed by atoms with Gasteiger partial charge in [-0.3, -0.25) is 0 Å². The zero-order chi connectivity index (χ0) is 15.5. The summed E-state index contributed by atoms with van der Waals surface area (Å²) in [5.74, 6) is 0.771. The van der Waals surface area contributed by atoms with Crippen molar-refractivity contribution in [1.82, 2.24) is 10.3 Å². The Bertz CT molecular complexity index is 482. The number of nitrogens with zero attached hydrogens (tertiary/aromatic N) is 1. The smallest absolute Gasteiger partial charge is 0.218 e. The molecule has 1 N–H and O–H groups in total. The van der Waals surface area contributed by atoms with E-state index in [1.807, 2.05) is 6.92 Å². The highest BCUT2D eigenvalue weighted by molar-refractivity contribution is 5.36. The van der Waals surface area contributed by atoms with Gasteiger partial charge in [-0.25, -0.2) is 4.98 Å². The summed E-state index contributed by atoms with van der Waals surface area (Å²) in [5.41, 5.74) is 3.27. The van der Waals surface area contributed by atoms with Gasteiger partial charge in [0.1, 0.15) is 0 Å². The predicted octanol–water partition coefficient (Wildman–Crippen LogP) is 3.14. The molecule has 0 saturated heterocycles. The zero-order valence-corrected chi connectivity index (χ0v) is 14.0. The molecule has 0 radical (unpaired) electrons. The second-order valence-corrected chi connectivity index (χ2v) is 6.58. The highest BCUT2D eigenvalue weighted by Gasteiger charge is 2.22. The van der Waals surface area contributed by atoms with E-state index in [0.717, 1.165) is 24.5 Å². The number of aryl methyl sites for hydroxylation is 2. The Labute approximate surface area is 128 Å². The molecule has 1 saturated carbocycles. The van der Waals surface area contributed by atoms with Gasteiger partial charge in [-0.2, -0.15) is 0 Å². The van der Waals surface area contributed by atoms with Gasteiger partial charge in [-0.1, -0.05) is 0 Å². The first kappa shape index (κ1) is 16.2. The fourth-order valence-electron chi connectivity index (χ4n) is 2.19. The number of hydrogen-bond acceptors (Lipinski definition) is 4. The Hall–Kier alpha value is -1.13. The quantitative estimate of drug-likeness (QED) is 0.799. The van der Waals surface area contributed by atoms with E-state index < -0.39 is 0 Å². The Balaban J connectivity index is 2.01. The molecule has 1 aromatic heterocycles. The topological polar surface area (TPSA) is 43.4 Å². The normalized spacial score (nSPS) is 15.3. The Morgan fingerprint density at radius 2 is 2.05 bits per heavy atom. The molecule has 4 nitrogen and oxygen atoms in total. The standard InChI is InChI=1S/C17H28N2O2/c1-12-10-13(2)19-16(15(12)11-18-14-6-7-14)21-9-8-17(3,4)20-5/h10,14,18H,6-9,11H2,1-5H3. The molecule has 21 heavy (non-hydrogen) atoms. The SMILES string of the molecule is COC(C)(C)CCOc1nc(C)cc(C)c1CNC1CC1. The van der Waals surface area contributed by atoms with Gasteiger partial charge in [-0.15, -0.1) is 0 Å². The third-order valence-electron chi connectivity index (χ3n) is 4.08. The van der Waals surface area contributed by atoms with Crippen LogP contribution in [0.15, 0.2) is 6.07 Å². The summed E-state index contributed by atoms with van der Waals surface area (Å²) in [4.78, 5) is 4.57. The lowest BCUT2D eigenvalue weighted by Gasteiger charge is -2.23. The van der Waals surface area contributed by atoms with Crippen LogP contribution in [-0.2, 0) is 11.3 Å². The average Bonchev–Trinajstić information content (AvgIpc) is 3.21. The van der Waals surface area contributed by atoms with Crippen molar-refractivity contribution in [2.24, 2.45) is 0 Å². The fraction of sp³-hybridized carbons (Fsp3) is 0.706. The van der Waals surface area contributed by atoms with Crippen LogP contribution >= 0.6 is 0 Å². The van der Waals surface area contributed by atoms with E-state index in [4.69, 9.17) is 9.47 Å². The number of nitrogens with one attached hydrogen (secondary N) is 1. The number of ether oxygens (including phenoxy) is 2. The van der Waals surface area contributed by atoms with Crippen molar-refractivity contribution < 1.29 is 9.47 Å². The van der Waals surface area contributed by atoms with Gasteiger partial charge < -0.3 is 14.8 Å². The number of methoxy groups -OCH3 is 1. The third-order valence-corrected chi connectivity index (χ3v) is 4.08. The van der Waals surface area contributed by atoms with E-state index in [1.165, 1.54) is 24.0 Å². The Kier molecular flexibility index (Phi) is 5.22. The van der Waals surface area contributed by atoms with Gasteiger partial charge in [-0.05, 0) is 52.2 Å². The van der Waals surface area contributed by atoms with Crippen LogP contribution in [0.3, 0.4) is 0 Å². The van der Waals surface area contributed by atoms with Crippen molar-refractivity contribution in [3.05, 3.63) is 22.9 Å². The average molecular weight is 292 g/mol. The van der Waals surface area contributed by atoms with Gasteiger partial charge in [0.15, 0.2) is 0 Å². The monoisotopic (exact) mass is 292 g/mol. The van der Waals surface area contributed by atoms with Crippen LogP contribution in [0, 0.1) is 13.8 Å². The van der Waals surface area contributed by atoms with E-state index in [9.17, 15) is 0 Å². The molecule has 1 fully saturated rings. The summed E-state index contributed by atoms with van der Waals surface area (Å²) in [6.45, 7) is 9.74. The molecule has 118 valence electrons. The molecule has 1 heterocycles. The van der Waals surface area contributed by atoms with Crippen LogP contribution in [0.2, 0.25) is 0 Å². The molecule has 0 spiro atoms. The van der Waals surface area contributed by atoms with E-state index in [-0.39, 0.29) is 5.60 Å². The van der Waals surface area contributed by atoms with Crippen LogP contribution in [0.4, 0.5) is 0 Å². The zero-order valence-electron chi connectivity index (χ0n) is 14.0. The van der Waals surface area contributed by atoms with E-state index in [1.54, 1.807) is 7.11 Å². The summed E-state index contributed by atoms with van der Waals surface area (Å²) in [7, 11) is 1.74. The first-order valence-electron chi connectivity index (χ1n) is 7.80. The highest BCUT2D eigenvalue weighted by atomic mass is 16.5. The molecule has 1 aromatic rings. The summed E-state index contributed by atoms with van der Waals surface area (Å²) in [6, 6.07) is 2.81. The lowest BCUT2D eigenvalue weighted by molar-refractivity contribution is 0.00498. The van der Waals surface area contributed by atoms with Crippen LogP contribution in [-0.4, -0.2) is 30.3 Å². The number of rotatable bonds is 8. The van der Waals surface area contributed by atoms with Gasteiger partial charge in [0.05, 0.1) is 12.2 Å². The minimum Gasteiger partial charge on any atom is -0.477 e. The van der Waals surface area contributed by atoms with Gasteiger partial charge in [0.2, 0.25) is 5.88 Å². The molecule has 1 aliphatic rings. The Morgan fingerprint density at radius 1 is 1.33 bits per heavy atom. The molecule has 2 rings (SSSR count). The highest BCUT2D eigenvalue weighted by Crippen LogP contribution is 2.25. The van der Waals surface area contributed by atoms with E-state index in [2.05, 4.69) is 37.1 Å². The summed E-state index contributed by atoms with van der Waals surface area (Å²) in [5, 5.41) is 3.55. The predicted molar refractivity (Wildman–Crippen MR) is 84.8 cm³/mol. The van der Waals surface area contributed by atoms with Crippen LogP contribution in [0.25, 0.3) is 0 Å². The molecule has 0 aliphatic heterocycles. The summed E-state index contributed by atoms with van der Waals surface area (Å²) >= 11 is 0. The Morgan fingerprint density at radius 3 is 2.67 bits per heavy atom. The van der Waals surface area contributed by atoms with Crippen molar-refractivity contribution in [3.8, 4) is 5.88 Å². The number of pyridine rings is 1. The van der Waals surface area contributed by atoms with Crippen molar-refractivity contribution in [1.29, 1.82) is 0 Å². The van der Waals surface area contributed by atoms with Crippen molar-refractivity contribution >= 4 is 0 Å². The van der Waals surface area contributed by atoms with E-state index >= 15 is 0 Å². The molecule has 0 unspecified atom stereocenters. The molecular formula is C17H28N2O2. The number of aromatic nitrogens is 1. The lowest BCUT2D eigenvalue weighted by Crippen LogP contribution is -2.25. The van der Waals surface area contributed by atoms with Gasteiger partial charge in [0, 0.05) is 37.4 Å². The molecule has 0 atom stereocenters. The largest absolute Gasteiger partial charge is 0.477 e. The molecule has 0 amide bonds. The van der Waals surface area contributed by atoms with Crippen molar-refractivity contribution in [3.63, 3.8) is 0 Å². The maximum Gasteiger partial charge on any atom is 0.218 e. The van der Waals surface area contributed by atoms with E-state index in [0.29, 0.717) is 12.6 Å². The van der Waals surface area contributed by atoms with Gasteiger partial charge in [0.25, 0.3) is 0 Å². The first-order chi connectivity index (χ1) is 9.91. The maximum absolute atomic E-state index is 5.96. The second-order valence-electron chi connectivity index (χ2n) is 6.58. The van der Waals surface area contributed by atoms with Crippen molar-refractivity contribution in [2.45, 2.75) is 65.1 Å². The second kappa shape index (κ2) is 6.75. The van der Waals surface area contributed by atoms with Gasteiger partial charge >= 0.3 is 0 Å². The molecule has 4 heteroatoms. The summed E-state index contributed by atoms with van der Waals surface area (Å²) < 4.78 is 11.4. The molecular weight excluding hydrogens is 264 g/mol. The van der Waals surface area contributed by atoms with Crippen LogP contribution in [0.5, 0.6) is 5.88 Å². The summed E-state index contributed by atoms with van der Waals surface area (Å²) in [6.07, 6.45) is 3.42. The van der Waals surface area contributed by atoms with Crippen LogP contribution in [0.1, 0.15) is 49.9 Å². The minimum atomic E-state index is -0.161. The van der Waals surface area contributed by atoms with Crippen LogP contribution < -0.4 is 10.1 Å².